The van der Waals surface area contributed by atoms with Gasteiger partial charge in [0.1, 0.15) is 5.82 Å². The molecule has 2 aromatic carbocycles. The molecule has 9 heteroatoms. The maximum Gasteiger partial charge on any atom is 0.316 e. The fourth-order valence-corrected chi connectivity index (χ4v) is 2.61. The Kier molecular flexibility index (Phi) is 8.09. The van der Waals surface area contributed by atoms with E-state index in [1.54, 1.807) is 24.3 Å². The average Bonchev–Trinajstić information content (AvgIpc) is 2.64. The maximum absolute atomic E-state index is 12.8. The van der Waals surface area contributed by atoms with Gasteiger partial charge in [-0.2, -0.15) is 0 Å². The Hall–Kier alpha value is -2.58. The van der Waals surface area contributed by atoms with E-state index in [2.05, 4.69) is 10.6 Å². The van der Waals surface area contributed by atoms with E-state index in [1.807, 2.05) is 0 Å². The van der Waals surface area contributed by atoms with E-state index < -0.39 is 24.3 Å². The molecular weight excluding hydrogens is 395 g/mol. The van der Waals surface area contributed by atoms with Crippen LogP contribution in [-0.2, 0) is 19.1 Å². The van der Waals surface area contributed by atoms with Crippen LogP contribution >= 0.6 is 23.4 Å². The summed E-state index contributed by atoms with van der Waals surface area (Å²) in [6.07, 6.45) is 0. The Morgan fingerprint density at radius 2 is 1.44 bits per heavy atom. The smallest absolute Gasteiger partial charge is 0.316 e. The molecule has 0 spiro atoms. The van der Waals surface area contributed by atoms with Crippen molar-refractivity contribution in [3.63, 3.8) is 0 Å². The van der Waals surface area contributed by atoms with Gasteiger partial charge in [0.25, 0.3) is 5.91 Å². The van der Waals surface area contributed by atoms with E-state index in [1.165, 1.54) is 24.3 Å². The third-order valence-corrected chi connectivity index (χ3v) is 4.23. The molecule has 0 bridgehead atoms. The van der Waals surface area contributed by atoms with Crippen LogP contribution in [0.25, 0.3) is 0 Å². The fourth-order valence-electron chi connectivity index (χ4n) is 1.88. The monoisotopic (exact) mass is 410 g/mol. The summed E-state index contributed by atoms with van der Waals surface area (Å²) in [5.41, 5.74) is 0.996. The molecule has 0 saturated heterocycles. The molecule has 27 heavy (non-hydrogen) atoms. The molecule has 2 rings (SSSR count). The molecule has 0 fully saturated rings. The van der Waals surface area contributed by atoms with E-state index >= 15 is 0 Å². The highest BCUT2D eigenvalue weighted by atomic mass is 35.5. The van der Waals surface area contributed by atoms with Crippen molar-refractivity contribution in [1.82, 2.24) is 0 Å². The van der Waals surface area contributed by atoms with E-state index in [4.69, 9.17) is 16.3 Å². The van der Waals surface area contributed by atoms with Crippen molar-refractivity contribution in [3.8, 4) is 0 Å². The number of benzene rings is 2. The van der Waals surface area contributed by atoms with Crippen molar-refractivity contribution in [3.05, 3.63) is 59.4 Å². The number of thioether (sulfide) groups is 1. The zero-order valence-corrected chi connectivity index (χ0v) is 15.6. The largest absolute Gasteiger partial charge is 0.455 e. The summed E-state index contributed by atoms with van der Waals surface area (Å²) in [6.45, 7) is -0.465. The molecule has 0 unspecified atom stereocenters. The van der Waals surface area contributed by atoms with Crippen molar-refractivity contribution in [1.29, 1.82) is 0 Å². The summed E-state index contributed by atoms with van der Waals surface area (Å²) < 4.78 is 17.6. The molecule has 0 radical (unpaired) electrons. The van der Waals surface area contributed by atoms with Crippen LogP contribution in [0.15, 0.2) is 48.5 Å². The second kappa shape index (κ2) is 10.5. The first-order chi connectivity index (χ1) is 12.9. The Balaban J connectivity index is 1.61. The third kappa shape index (κ3) is 8.10. The van der Waals surface area contributed by atoms with Gasteiger partial charge >= 0.3 is 5.97 Å². The number of hydrogen-bond acceptors (Lipinski definition) is 5. The number of amides is 2. The van der Waals surface area contributed by atoms with Crippen molar-refractivity contribution >= 4 is 52.5 Å². The molecule has 0 aliphatic heterocycles. The van der Waals surface area contributed by atoms with Gasteiger partial charge in [0.15, 0.2) is 6.61 Å². The molecule has 0 aliphatic rings. The maximum atomic E-state index is 12.8. The molecular formula is C18H16ClFN2O4S. The number of anilines is 2. The summed E-state index contributed by atoms with van der Waals surface area (Å²) in [5.74, 6) is -1.87. The van der Waals surface area contributed by atoms with Gasteiger partial charge in [-0.3, -0.25) is 14.4 Å². The van der Waals surface area contributed by atoms with Crippen molar-refractivity contribution in [2.75, 3.05) is 28.7 Å². The number of ether oxygens (including phenoxy) is 1. The molecule has 2 amide bonds. The van der Waals surface area contributed by atoms with Crippen LogP contribution in [0.2, 0.25) is 5.02 Å². The Labute approximate surface area is 164 Å². The van der Waals surface area contributed by atoms with Crippen LogP contribution in [0.1, 0.15) is 0 Å². The van der Waals surface area contributed by atoms with Gasteiger partial charge in [-0.05, 0) is 48.5 Å². The number of carbonyl (C=O) groups excluding carboxylic acids is 3. The predicted molar refractivity (Wildman–Crippen MR) is 103 cm³/mol. The number of esters is 1. The average molecular weight is 411 g/mol. The lowest BCUT2D eigenvalue weighted by Crippen LogP contribution is -2.22. The number of rotatable bonds is 8. The van der Waals surface area contributed by atoms with Crippen LogP contribution < -0.4 is 10.6 Å². The molecule has 2 aromatic rings. The third-order valence-electron chi connectivity index (χ3n) is 3.07. The van der Waals surface area contributed by atoms with Crippen LogP contribution in [-0.4, -0.2) is 35.9 Å². The molecule has 0 saturated carbocycles. The minimum atomic E-state index is -0.617. The van der Waals surface area contributed by atoms with Crippen molar-refractivity contribution in [2.24, 2.45) is 0 Å². The minimum absolute atomic E-state index is 0.0551. The van der Waals surface area contributed by atoms with Gasteiger partial charge in [0.05, 0.1) is 11.5 Å². The van der Waals surface area contributed by atoms with Gasteiger partial charge in [0, 0.05) is 16.4 Å². The van der Waals surface area contributed by atoms with E-state index in [0.717, 1.165) is 11.8 Å². The lowest BCUT2D eigenvalue weighted by atomic mass is 10.3. The number of hydrogen-bond donors (Lipinski definition) is 2. The van der Waals surface area contributed by atoms with Crippen molar-refractivity contribution < 1.29 is 23.5 Å². The highest BCUT2D eigenvalue weighted by molar-refractivity contribution is 8.00. The fraction of sp³-hybridized carbons (Fsp3) is 0.167. The van der Waals surface area contributed by atoms with Crippen LogP contribution in [0.3, 0.4) is 0 Å². The first-order valence-corrected chi connectivity index (χ1v) is 9.30. The van der Waals surface area contributed by atoms with Crippen molar-refractivity contribution in [2.45, 2.75) is 0 Å². The van der Waals surface area contributed by atoms with Gasteiger partial charge in [0.2, 0.25) is 5.91 Å². The quantitative estimate of drug-likeness (QED) is 0.652. The molecule has 0 atom stereocenters. The van der Waals surface area contributed by atoms with Crippen LogP contribution in [0, 0.1) is 5.82 Å². The lowest BCUT2D eigenvalue weighted by Gasteiger charge is -2.07. The van der Waals surface area contributed by atoms with Crippen LogP contribution in [0.5, 0.6) is 0 Å². The normalized spacial score (nSPS) is 10.1. The first kappa shape index (κ1) is 20.7. The summed E-state index contributed by atoms with van der Waals surface area (Å²) in [7, 11) is 0. The van der Waals surface area contributed by atoms with E-state index in [9.17, 15) is 18.8 Å². The molecule has 0 aliphatic carbocycles. The number of carbonyl (C=O) groups is 3. The Bertz CT molecular complexity index is 800. The van der Waals surface area contributed by atoms with Crippen LogP contribution in [0.4, 0.5) is 15.8 Å². The standard InChI is InChI=1S/C18H16ClFN2O4S/c19-12-1-5-14(6-2-12)22-17(24)10-27-11-18(25)26-9-16(23)21-15-7-3-13(20)4-8-15/h1-8H,9-11H2,(H,21,23)(H,22,24). The first-order valence-electron chi connectivity index (χ1n) is 7.76. The highest BCUT2D eigenvalue weighted by Crippen LogP contribution is 2.14. The molecule has 142 valence electrons. The van der Waals surface area contributed by atoms with Gasteiger partial charge in [-0.15, -0.1) is 11.8 Å². The highest BCUT2D eigenvalue weighted by Gasteiger charge is 2.10. The summed E-state index contributed by atoms with van der Waals surface area (Å²) in [5, 5.41) is 5.69. The molecule has 6 nitrogen and oxygen atoms in total. The zero-order valence-electron chi connectivity index (χ0n) is 14.0. The Morgan fingerprint density at radius 3 is 2.07 bits per heavy atom. The van der Waals surface area contributed by atoms with Gasteiger partial charge in [-0.1, -0.05) is 11.6 Å². The minimum Gasteiger partial charge on any atom is -0.455 e. The second-order valence-corrected chi connectivity index (χ2v) is 6.69. The van der Waals surface area contributed by atoms with Gasteiger partial charge in [-0.25, -0.2) is 4.39 Å². The van der Waals surface area contributed by atoms with E-state index in [-0.39, 0.29) is 17.4 Å². The van der Waals surface area contributed by atoms with Gasteiger partial charge < -0.3 is 15.4 Å². The molecule has 0 heterocycles. The topological polar surface area (TPSA) is 84.5 Å². The second-order valence-electron chi connectivity index (χ2n) is 5.26. The summed E-state index contributed by atoms with van der Waals surface area (Å²) in [4.78, 5) is 35.0. The Morgan fingerprint density at radius 1 is 0.889 bits per heavy atom. The number of nitrogens with one attached hydrogen (secondary N) is 2. The SMILES string of the molecule is O=C(COC(=O)CSCC(=O)Nc1ccc(Cl)cc1)Nc1ccc(F)cc1. The molecule has 2 N–H and O–H groups in total. The molecule has 0 aromatic heterocycles. The summed E-state index contributed by atoms with van der Waals surface area (Å²) in [6, 6.07) is 11.8. The lowest BCUT2D eigenvalue weighted by molar-refractivity contribution is -0.144. The summed E-state index contributed by atoms with van der Waals surface area (Å²) >= 11 is 6.82. The zero-order chi connectivity index (χ0) is 19.6. The predicted octanol–water partition coefficient (Wildman–Crippen LogP) is 3.33. The van der Waals surface area contributed by atoms with E-state index in [0.29, 0.717) is 16.4 Å². The number of halogens is 2.